The summed E-state index contributed by atoms with van der Waals surface area (Å²) in [6.45, 7) is 5.28. The highest BCUT2D eigenvalue weighted by molar-refractivity contribution is 6.06. The summed E-state index contributed by atoms with van der Waals surface area (Å²) in [7, 11) is 0. The summed E-state index contributed by atoms with van der Waals surface area (Å²) in [5, 5.41) is 6.76. The Morgan fingerprint density at radius 3 is 2.70 bits per heavy atom. The quantitative estimate of drug-likeness (QED) is 0.809. The van der Waals surface area contributed by atoms with Crippen LogP contribution in [0.5, 0.6) is 0 Å². The lowest BCUT2D eigenvalue weighted by Crippen LogP contribution is -2.46. The van der Waals surface area contributed by atoms with Gasteiger partial charge in [-0.1, -0.05) is 5.16 Å². The number of halogens is 1. The number of carbonyl (C=O) groups excluding carboxylic acids is 2. The Kier molecular flexibility index (Phi) is 4.59. The molecule has 1 aliphatic heterocycles. The van der Waals surface area contributed by atoms with Crippen molar-refractivity contribution in [3.63, 3.8) is 0 Å². The Balaban J connectivity index is 1.72. The fraction of sp³-hybridized carbons (Fsp3) is 0.526. The number of hydrogen-bond acceptors (Lipinski definition) is 6. The number of ether oxygens (including phenoxy) is 1. The maximum absolute atomic E-state index is 15.2. The molecule has 8 heteroatoms. The van der Waals surface area contributed by atoms with Crippen molar-refractivity contribution in [3.05, 3.63) is 23.1 Å². The summed E-state index contributed by atoms with van der Waals surface area (Å²) in [6.07, 6.45) is 2.61. The van der Waals surface area contributed by atoms with Crippen molar-refractivity contribution < 1.29 is 23.2 Å². The molecule has 144 valence electrons. The lowest BCUT2D eigenvalue weighted by atomic mass is 10.1. The first-order valence-electron chi connectivity index (χ1n) is 9.23. The van der Waals surface area contributed by atoms with Gasteiger partial charge in [0.15, 0.2) is 17.8 Å². The number of benzene rings is 1. The highest BCUT2D eigenvalue weighted by Gasteiger charge is 2.30. The van der Waals surface area contributed by atoms with Gasteiger partial charge in [-0.3, -0.25) is 9.59 Å². The van der Waals surface area contributed by atoms with Gasteiger partial charge in [-0.05, 0) is 38.7 Å². The summed E-state index contributed by atoms with van der Waals surface area (Å²) in [6, 6.07) is 1.48. The van der Waals surface area contributed by atoms with E-state index in [4.69, 9.17) is 9.26 Å². The Morgan fingerprint density at radius 1 is 1.37 bits per heavy atom. The number of hydrogen-bond donors (Lipinski definition) is 1. The first-order chi connectivity index (χ1) is 13.0. The van der Waals surface area contributed by atoms with E-state index in [0.29, 0.717) is 31.8 Å². The predicted octanol–water partition coefficient (Wildman–Crippen LogP) is 2.53. The van der Waals surface area contributed by atoms with Gasteiger partial charge in [-0.2, -0.15) is 0 Å². The van der Waals surface area contributed by atoms with Gasteiger partial charge >= 0.3 is 0 Å². The van der Waals surface area contributed by atoms with Gasteiger partial charge in [0, 0.05) is 25.2 Å². The largest absolute Gasteiger partial charge is 0.372 e. The number of fused-ring (bicyclic) bond motifs is 1. The van der Waals surface area contributed by atoms with Crippen molar-refractivity contribution in [2.45, 2.75) is 38.9 Å². The average Bonchev–Trinajstić information content (AvgIpc) is 3.35. The maximum atomic E-state index is 15.2. The van der Waals surface area contributed by atoms with Crippen molar-refractivity contribution in [1.82, 2.24) is 10.5 Å². The Bertz CT molecular complexity index is 883. The number of carbonyl (C=O) groups is 2. The monoisotopic (exact) mass is 375 g/mol. The first-order valence-corrected chi connectivity index (χ1v) is 9.23. The minimum absolute atomic E-state index is 0.00270. The number of anilines is 1. The number of aromatic nitrogens is 1. The fourth-order valence-corrected chi connectivity index (χ4v) is 3.63. The second-order valence-electron chi connectivity index (χ2n) is 7.47. The van der Waals surface area contributed by atoms with Crippen LogP contribution in [0.4, 0.5) is 10.1 Å². The van der Waals surface area contributed by atoms with Crippen LogP contribution in [0, 0.1) is 11.7 Å². The van der Waals surface area contributed by atoms with Crippen molar-refractivity contribution in [2.24, 2.45) is 5.92 Å². The third-order valence-corrected chi connectivity index (χ3v) is 5.03. The second kappa shape index (κ2) is 6.92. The summed E-state index contributed by atoms with van der Waals surface area (Å²) in [5.41, 5.74) is 0.225. The third kappa shape index (κ3) is 3.41. The molecule has 27 heavy (non-hydrogen) atoms. The van der Waals surface area contributed by atoms with Crippen molar-refractivity contribution in [3.8, 4) is 0 Å². The SMILES string of the molecule is CC1CN(c2c(C=O)cc3c(C(=O)NCC4CC4)noc3c2F)CC(C)O1. The van der Waals surface area contributed by atoms with Crippen LogP contribution in [0.25, 0.3) is 11.0 Å². The average molecular weight is 375 g/mol. The van der Waals surface area contributed by atoms with E-state index in [1.54, 1.807) is 4.90 Å². The highest BCUT2D eigenvalue weighted by atomic mass is 19.1. The summed E-state index contributed by atoms with van der Waals surface area (Å²) in [5.74, 6) is -0.589. The summed E-state index contributed by atoms with van der Waals surface area (Å²) >= 11 is 0. The fourth-order valence-electron chi connectivity index (χ4n) is 3.63. The van der Waals surface area contributed by atoms with Gasteiger partial charge in [0.2, 0.25) is 5.58 Å². The molecule has 2 aliphatic rings. The third-order valence-electron chi connectivity index (χ3n) is 5.03. The van der Waals surface area contributed by atoms with Gasteiger partial charge in [0.1, 0.15) is 0 Å². The molecule has 0 bridgehead atoms. The molecule has 7 nitrogen and oxygen atoms in total. The molecule has 4 rings (SSSR count). The Morgan fingerprint density at radius 2 is 2.07 bits per heavy atom. The first kappa shape index (κ1) is 17.9. The van der Waals surface area contributed by atoms with Gasteiger partial charge in [0.25, 0.3) is 5.91 Å². The molecular formula is C19H22FN3O4. The molecule has 1 aromatic carbocycles. The minimum atomic E-state index is -0.676. The summed E-state index contributed by atoms with van der Waals surface area (Å²) < 4.78 is 26.1. The van der Waals surface area contributed by atoms with Crippen LogP contribution in [-0.2, 0) is 4.74 Å². The molecule has 2 unspecified atom stereocenters. The molecule has 1 saturated carbocycles. The van der Waals surface area contributed by atoms with Gasteiger partial charge < -0.3 is 19.5 Å². The van der Waals surface area contributed by atoms with E-state index < -0.39 is 11.7 Å². The molecule has 2 fully saturated rings. The van der Waals surface area contributed by atoms with E-state index in [1.165, 1.54) is 6.07 Å². The molecule has 1 saturated heterocycles. The topological polar surface area (TPSA) is 84.7 Å². The van der Waals surface area contributed by atoms with Crippen LogP contribution >= 0.6 is 0 Å². The van der Waals surface area contributed by atoms with Crippen molar-refractivity contribution in [1.29, 1.82) is 0 Å². The zero-order valence-corrected chi connectivity index (χ0v) is 15.3. The van der Waals surface area contributed by atoms with E-state index in [1.807, 2.05) is 13.8 Å². The van der Waals surface area contributed by atoms with Crippen LogP contribution < -0.4 is 10.2 Å². The van der Waals surface area contributed by atoms with E-state index in [-0.39, 0.29) is 40.1 Å². The molecule has 1 aliphatic carbocycles. The van der Waals surface area contributed by atoms with E-state index in [2.05, 4.69) is 10.5 Å². The van der Waals surface area contributed by atoms with Crippen LogP contribution in [0.15, 0.2) is 10.6 Å². The zero-order chi connectivity index (χ0) is 19.1. The molecule has 1 N–H and O–H groups in total. The normalized spacial score (nSPS) is 22.9. The number of rotatable bonds is 5. The number of nitrogens with zero attached hydrogens (tertiary/aromatic N) is 2. The number of nitrogens with one attached hydrogen (secondary N) is 1. The lowest BCUT2D eigenvalue weighted by molar-refractivity contribution is -0.00543. The van der Waals surface area contributed by atoms with Crippen molar-refractivity contribution in [2.75, 3.05) is 24.5 Å². The molecule has 0 spiro atoms. The van der Waals surface area contributed by atoms with E-state index in [0.717, 1.165) is 12.8 Å². The van der Waals surface area contributed by atoms with Crippen LogP contribution in [0.1, 0.15) is 47.5 Å². The highest BCUT2D eigenvalue weighted by Crippen LogP contribution is 2.34. The van der Waals surface area contributed by atoms with E-state index >= 15 is 4.39 Å². The lowest BCUT2D eigenvalue weighted by Gasteiger charge is -2.37. The predicted molar refractivity (Wildman–Crippen MR) is 96.6 cm³/mol. The summed E-state index contributed by atoms with van der Waals surface area (Å²) in [4.78, 5) is 25.8. The van der Waals surface area contributed by atoms with Crippen LogP contribution in [0.2, 0.25) is 0 Å². The maximum Gasteiger partial charge on any atom is 0.274 e. The molecular weight excluding hydrogens is 353 g/mol. The number of amides is 1. The molecule has 2 atom stereocenters. The Labute approximate surface area is 155 Å². The molecule has 1 aromatic heterocycles. The Hall–Kier alpha value is -2.48. The second-order valence-corrected chi connectivity index (χ2v) is 7.47. The van der Waals surface area contributed by atoms with Crippen molar-refractivity contribution >= 4 is 28.8 Å². The van der Waals surface area contributed by atoms with Crippen LogP contribution in [0.3, 0.4) is 0 Å². The minimum Gasteiger partial charge on any atom is -0.372 e. The number of aldehydes is 1. The standard InChI is InChI=1S/C19H22FN3O4/c1-10-7-23(8-11(2)26-10)17-13(9-24)5-14-16(22-27-18(14)15(17)20)19(25)21-6-12-3-4-12/h5,9-12H,3-4,6-8H2,1-2H3,(H,21,25). The number of morpholine rings is 1. The van der Waals surface area contributed by atoms with Gasteiger partial charge in [-0.15, -0.1) is 0 Å². The van der Waals surface area contributed by atoms with Gasteiger partial charge in [0.05, 0.1) is 23.3 Å². The van der Waals surface area contributed by atoms with Crippen LogP contribution in [-0.4, -0.2) is 49.2 Å². The molecule has 1 amide bonds. The van der Waals surface area contributed by atoms with E-state index in [9.17, 15) is 9.59 Å². The smallest absolute Gasteiger partial charge is 0.274 e. The zero-order valence-electron chi connectivity index (χ0n) is 15.3. The van der Waals surface area contributed by atoms with Gasteiger partial charge in [-0.25, -0.2) is 4.39 Å². The molecule has 0 radical (unpaired) electrons. The molecule has 2 heterocycles. The molecule has 2 aromatic rings.